The Bertz CT molecular complexity index is 2290. The van der Waals surface area contributed by atoms with Gasteiger partial charge in [0.05, 0.1) is 106 Å². The van der Waals surface area contributed by atoms with Gasteiger partial charge in [-0.2, -0.15) is 10.1 Å². The summed E-state index contributed by atoms with van der Waals surface area (Å²) in [5, 5.41) is 19.3. The zero-order chi connectivity index (χ0) is 57.3. The van der Waals surface area contributed by atoms with E-state index in [4.69, 9.17) is 37.9 Å². The molecule has 0 aromatic heterocycles. The van der Waals surface area contributed by atoms with E-state index in [-0.39, 0.29) is 74.6 Å². The first-order valence-electron chi connectivity index (χ1n) is 26.3. The SMILES string of the molecule is CNC(=O)N1N=C(c2cc(F)ccc2F)S[C@@]1(CCCNC(=O)[C@H](C)NC(=O)[C@@H](NC(=O)CCOCCOCCOCCOCCOCCOCCOCCOCCNC(=O)CCN1C(=O)C=CC1=O)C(C)C)c1ccccc1. The Morgan fingerprint density at radius 1 is 0.633 bits per heavy atom. The minimum absolute atomic E-state index is 0.00192. The van der Waals surface area contributed by atoms with Gasteiger partial charge in [-0.25, -0.2) is 13.6 Å². The molecule has 2 aromatic rings. The number of rotatable bonds is 41. The van der Waals surface area contributed by atoms with Gasteiger partial charge in [0.15, 0.2) is 0 Å². The van der Waals surface area contributed by atoms with Crippen molar-refractivity contribution in [3.8, 4) is 0 Å². The van der Waals surface area contributed by atoms with Crippen LogP contribution >= 0.6 is 11.8 Å². The van der Waals surface area contributed by atoms with Crippen LogP contribution in [-0.4, -0.2) is 201 Å². The molecule has 4 rings (SSSR count). The molecule has 2 aromatic carbocycles. The Hall–Kier alpha value is -5.97. The molecule has 438 valence electrons. The zero-order valence-corrected chi connectivity index (χ0v) is 46.2. The fourth-order valence-electron chi connectivity index (χ4n) is 7.53. The molecule has 5 N–H and O–H groups in total. The average molecular weight is 1140 g/mol. The van der Waals surface area contributed by atoms with Gasteiger partial charge in [-0.15, -0.1) is 0 Å². The van der Waals surface area contributed by atoms with Crippen molar-refractivity contribution in [3.05, 3.63) is 83.4 Å². The topological polar surface area (TPSA) is 272 Å². The first-order valence-corrected chi connectivity index (χ1v) is 27.1. The van der Waals surface area contributed by atoms with Crippen molar-refractivity contribution in [1.82, 2.24) is 36.5 Å². The van der Waals surface area contributed by atoms with Crippen LogP contribution in [0, 0.1) is 17.6 Å². The number of benzene rings is 2. The van der Waals surface area contributed by atoms with Crippen LogP contribution in [0.1, 0.15) is 57.6 Å². The summed E-state index contributed by atoms with van der Waals surface area (Å²) in [4.78, 5) is 87.2. The third kappa shape index (κ3) is 23.7. The molecule has 79 heavy (non-hydrogen) atoms. The van der Waals surface area contributed by atoms with Crippen molar-refractivity contribution in [3.63, 3.8) is 0 Å². The summed E-state index contributed by atoms with van der Waals surface area (Å²) in [7, 11) is 1.44. The summed E-state index contributed by atoms with van der Waals surface area (Å²) in [6.07, 6.45) is 2.96. The number of ether oxygens (including phenoxy) is 8. The van der Waals surface area contributed by atoms with E-state index < -0.39 is 64.2 Å². The van der Waals surface area contributed by atoms with E-state index in [1.807, 2.05) is 18.2 Å². The van der Waals surface area contributed by atoms with Crippen molar-refractivity contribution in [2.45, 2.75) is 63.4 Å². The molecule has 0 fully saturated rings. The standard InChI is InChI=1S/C53H76F2N8O15S/c1-38(2)48(50(69)59-39(3)49(68)58-18-8-17-53(40-9-6-5-7-10-40)63(52(70)56-4)61-51(79-53)42-37-41(54)11-12-43(42)55)60-45(65)16-21-71-23-25-73-27-29-75-31-33-77-35-36-78-34-32-76-30-28-74-26-24-72-22-19-57-44(64)15-20-62-46(66)13-14-47(62)67/h5-7,9-14,37-39,48H,8,15-36H2,1-4H3,(H,56,70)(H,57,64)(H,58,68)(H,59,69)(H,60,65)/t39-,48-,53-/m0/s1. The number of hydrogen-bond acceptors (Lipinski definition) is 17. The predicted octanol–water partition coefficient (Wildman–Crippen LogP) is 2.36. The molecule has 26 heteroatoms. The second kappa shape index (κ2) is 37.1. The maximum absolute atomic E-state index is 14.9. The highest BCUT2D eigenvalue weighted by atomic mass is 32.2. The van der Waals surface area contributed by atoms with Crippen molar-refractivity contribution in [2.24, 2.45) is 11.0 Å². The van der Waals surface area contributed by atoms with Crippen LogP contribution in [0.4, 0.5) is 13.6 Å². The quantitative estimate of drug-likeness (QED) is 0.0472. The van der Waals surface area contributed by atoms with Crippen molar-refractivity contribution < 1.29 is 80.2 Å². The van der Waals surface area contributed by atoms with Crippen molar-refractivity contribution >= 4 is 58.3 Å². The van der Waals surface area contributed by atoms with E-state index in [1.165, 1.54) is 31.1 Å². The minimum atomic E-state index is -1.17. The molecule has 8 amide bonds. The van der Waals surface area contributed by atoms with Crippen LogP contribution in [0.5, 0.6) is 0 Å². The van der Waals surface area contributed by atoms with E-state index >= 15 is 0 Å². The normalized spacial score (nSPS) is 15.8. The molecule has 0 unspecified atom stereocenters. The highest BCUT2D eigenvalue weighted by molar-refractivity contribution is 8.15. The fraction of sp³-hybridized carbons (Fsp3) is 0.585. The maximum Gasteiger partial charge on any atom is 0.339 e. The average Bonchev–Trinajstić information content (AvgIpc) is 4.14. The number of nitrogens with one attached hydrogen (secondary N) is 5. The van der Waals surface area contributed by atoms with Crippen molar-refractivity contribution in [1.29, 1.82) is 0 Å². The van der Waals surface area contributed by atoms with Crippen LogP contribution in [-0.2, 0) is 71.5 Å². The largest absolute Gasteiger partial charge is 0.379 e. The number of amides is 8. The van der Waals surface area contributed by atoms with Gasteiger partial charge < -0.3 is 64.5 Å². The highest BCUT2D eigenvalue weighted by Crippen LogP contribution is 2.50. The molecule has 2 aliphatic rings. The molecule has 2 aliphatic heterocycles. The van der Waals surface area contributed by atoms with Gasteiger partial charge in [-0.3, -0.25) is 33.7 Å². The summed E-state index contributed by atoms with van der Waals surface area (Å²) >= 11 is 1.11. The van der Waals surface area contributed by atoms with Crippen LogP contribution in [0.2, 0.25) is 0 Å². The summed E-state index contributed by atoms with van der Waals surface area (Å²) in [6.45, 7) is 11.1. The molecule has 2 heterocycles. The number of imide groups is 1. The molecule has 0 saturated heterocycles. The lowest BCUT2D eigenvalue weighted by molar-refractivity contribution is -0.137. The highest BCUT2D eigenvalue weighted by Gasteiger charge is 2.48. The van der Waals surface area contributed by atoms with Gasteiger partial charge in [0.25, 0.3) is 11.8 Å². The van der Waals surface area contributed by atoms with Gasteiger partial charge >= 0.3 is 6.03 Å². The Morgan fingerprint density at radius 3 is 1.70 bits per heavy atom. The number of urea groups is 1. The third-order valence-electron chi connectivity index (χ3n) is 11.7. The van der Waals surface area contributed by atoms with E-state index in [9.17, 15) is 42.3 Å². The summed E-state index contributed by atoms with van der Waals surface area (Å²) in [6, 6.07) is 9.60. The smallest absolute Gasteiger partial charge is 0.339 e. The van der Waals surface area contributed by atoms with Gasteiger partial charge in [0, 0.05) is 57.2 Å². The summed E-state index contributed by atoms with van der Waals surface area (Å²) < 4.78 is 73.0. The van der Waals surface area contributed by atoms with Gasteiger partial charge in [0.1, 0.15) is 33.6 Å². The number of halogens is 2. The third-order valence-corrected chi connectivity index (χ3v) is 13.2. The lowest BCUT2D eigenvalue weighted by Crippen LogP contribution is -2.54. The predicted molar refractivity (Wildman–Crippen MR) is 286 cm³/mol. The number of hydrogen-bond donors (Lipinski definition) is 5. The molecule has 0 aliphatic carbocycles. The van der Waals surface area contributed by atoms with E-state index in [0.717, 1.165) is 34.9 Å². The minimum Gasteiger partial charge on any atom is -0.379 e. The van der Waals surface area contributed by atoms with Gasteiger partial charge in [-0.05, 0) is 49.4 Å². The zero-order valence-electron chi connectivity index (χ0n) is 45.4. The number of nitrogens with zero attached hydrogens (tertiary/aromatic N) is 3. The molecule has 0 bridgehead atoms. The monoisotopic (exact) mass is 1130 g/mol. The summed E-state index contributed by atoms with van der Waals surface area (Å²) in [5.41, 5.74) is 0.590. The van der Waals surface area contributed by atoms with E-state index in [0.29, 0.717) is 104 Å². The lowest BCUT2D eigenvalue weighted by atomic mass is 10.0. The Kier molecular flexibility index (Phi) is 30.7. The molecular formula is C53H76F2N8O15S. The van der Waals surface area contributed by atoms with Gasteiger partial charge in [-0.1, -0.05) is 55.9 Å². The van der Waals surface area contributed by atoms with E-state index in [1.54, 1.807) is 26.0 Å². The fourth-order valence-corrected chi connectivity index (χ4v) is 8.95. The summed E-state index contributed by atoms with van der Waals surface area (Å²) in [5.74, 6) is -4.18. The maximum atomic E-state index is 14.9. The molecule has 3 atom stereocenters. The molecule has 0 saturated carbocycles. The lowest BCUT2D eigenvalue weighted by Gasteiger charge is -2.35. The molecule has 23 nitrogen and oxygen atoms in total. The number of carbonyl (C=O) groups excluding carboxylic acids is 7. The second-order valence-corrected chi connectivity index (χ2v) is 19.2. The van der Waals surface area contributed by atoms with Crippen LogP contribution in [0.25, 0.3) is 0 Å². The first-order chi connectivity index (χ1) is 38.2. The first kappa shape index (κ1) is 65.5. The Morgan fingerprint density at radius 2 is 1.16 bits per heavy atom. The Balaban J connectivity index is 0.944. The molecule has 0 spiro atoms. The number of hydrazone groups is 1. The molecule has 0 radical (unpaired) electrons. The van der Waals surface area contributed by atoms with Crippen molar-refractivity contribution in [2.75, 3.05) is 132 Å². The van der Waals surface area contributed by atoms with E-state index in [2.05, 4.69) is 31.7 Å². The Labute approximate surface area is 463 Å². The second-order valence-electron chi connectivity index (χ2n) is 18.0. The van der Waals surface area contributed by atoms with Crippen LogP contribution in [0.3, 0.4) is 0 Å². The van der Waals surface area contributed by atoms with Crippen LogP contribution < -0.4 is 26.6 Å². The number of thioether (sulfide) groups is 1. The van der Waals surface area contributed by atoms with Gasteiger partial charge in [0.2, 0.25) is 23.6 Å². The number of carbonyl (C=O) groups is 7. The van der Waals surface area contributed by atoms with Crippen LogP contribution in [0.15, 0.2) is 65.8 Å². The molecular weight excluding hydrogens is 1060 g/mol.